The number of ether oxygens (including phenoxy) is 1. The maximum atomic E-state index is 10.5. The quantitative estimate of drug-likeness (QED) is 0.737. The second-order valence-electron chi connectivity index (χ2n) is 3.21. The molecule has 0 spiro atoms. The summed E-state index contributed by atoms with van der Waals surface area (Å²) in [7, 11) is 1.55. The number of hydrogen-bond acceptors (Lipinski definition) is 4. The van der Waals surface area contributed by atoms with E-state index < -0.39 is 5.91 Å². The van der Waals surface area contributed by atoms with E-state index in [4.69, 9.17) is 15.7 Å². The van der Waals surface area contributed by atoms with Crippen molar-refractivity contribution in [2.75, 3.05) is 13.7 Å². The van der Waals surface area contributed by atoms with Crippen LogP contribution in [0.3, 0.4) is 0 Å². The molecule has 0 aliphatic rings. The lowest BCUT2D eigenvalue weighted by atomic mass is 10.1. The van der Waals surface area contributed by atoms with Gasteiger partial charge in [-0.3, -0.25) is 4.79 Å². The van der Waals surface area contributed by atoms with Crippen LogP contribution in [-0.4, -0.2) is 19.6 Å². The summed E-state index contributed by atoms with van der Waals surface area (Å²) in [5.41, 5.74) is 6.37. The van der Waals surface area contributed by atoms with Crippen LogP contribution in [0.5, 0.6) is 5.75 Å². The number of benzene rings is 1. The minimum Gasteiger partial charge on any atom is -0.496 e. The number of carbonyl (C=O) groups is 1. The Morgan fingerprint density at radius 2 is 2.38 bits per heavy atom. The van der Waals surface area contributed by atoms with Gasteiger partial charge in [0.2, 0.25) is 5.91 Å². The third-order valence-corrected chi connectivity index (χ3v) is 2.02. The minimum atomic E-state index is -0.421. The molecule has 0 saturated carbocycles. The summed E-state index contributed by atoms with van der Waals surface area (Å²) in [4.78, 5) is 10.5. The van der Waals surface area contributed by atoms with Crippen molar-refractivity contribution in [1.29, 1.82) is 5.26 Å². The van der Waals surface area contributed by atoms with Crippen LogP contribution >= 0.6 is 0 Å². The molecule has 0 aliphatic carbocycles. The summed E-state index contributed by atoms with van der Waals surface area (Å²) in [6.07, 6.45) is 0. The van der Waals surface area contributed by atoms with E-state index in [2.05, 4.69) is 5.32 Å². The smallest absolute Gasteiger partial charge is 0.231 e. The lowest BCUT2D eigenvalue weighted by Gasteiger charge is -2.09. The average Bonchev–Trinajstić information content (AvgIpc) is 2.28. The van der Waals surface area contributed by atoms with Crippen LogP contribution < -0.4 is 15.8 Å². The first-order valence-corrected chi connectivity index (χ1v) is 4.73. The highest BCUT2D eigenvalue weighted by molar-refractivity contribution is 5.75. The number of rotatable bonds is 5. The van der Waals surface area contributed by atoms with E-state index in [1.54, 1.807) is 25.3 Å². The molecule has 1 aromatic rings. The SMILES string of the molecule is COc1ccc(C#N)cc1CNCC(N)=O. The Labute approximate surface area is 93.8 Å². The molecule has 0 unspecified atom stereocenters. The normalized spacial score (nSPS) is 9.50. The molecule has 0 saturated heterocycles. The van der Waals surface area contributed by atoms with E-state index in [1.807, 2.05) is 6.07 Å². The zero-order valence-corrected chi connectivity index (χ0v) is 8.99. The highest BCUT2D eigenvalue weighted by Crippen LogP contribution is 2.19. The number of carbonyl (C=O) groups excluding carboxylic acids is 1. The number of primary amides is 1. The fourth-order valence-electron chi connectivity index (χ4n) is 1.31. The highest BCUT2D eigenvalue weighted by atomic mass is 16.5. The molecule has 0 bridgehead atoms. The Kier molecular flexibility index (Phi) is 4.30. The summed E-state index contributed by atoms with van der Waals surface area (Å²) in [6.45, 7) is 0.529. The van der Waals surface area contributed by atoms with Gasteiger partial charge < -0.3 is 15.8 Å². The monoisotopic (exact) mass is 219 g/mol. The molecule has 0 aliphatic heterocycles. The van der Waals surface area contributed by atoms with Crippen LogP contribution in [0, 0.1) is 11.3 Å². The topological polar surface area (TPSA) is 88.1 Å². The van der Waals surface area contributed by atoms with E-state index in [1.165, 1.54) is 0 Å². The standard InChI is InChI=1S/C11H13N3O2/c1-16-10-3-2-8(5-12)4-9(10)6-14-7-11(13)15/h2-4,14H,6-7H2,1H3,(H2,13,15). The average molecular weight is 219 g/mol. The van der Waals surface area contributed by atoms with Gasteiger partial charge in [0.1, 0.15) is 5.75 Å². The van der Waals surface area contributed by atoms with Crippen molar-refractivity contribution >= 4 is 5.91 Å². The van der Waals surface area contributed by atoms with Gasteiger partial charge in [0.05, 0.1) is 25.3 Å². The molecule has 0 atom stereocenters. The first-order chi connectivity index (χ1) is 7.67. The molecule has 1 amide bonds. The number of nitrogens with one attached hydrogen (secondary N) is 1. The van der Waals surface area contributed by atoms with Gasteiger partial charge in [-0.1, -0.05) is 0 Å². The molecular formula is C11H13N3O2. The molecule has 0 radical (unpaired) electrons. The second kappa shape index (κ2) is 5.73. The number of nitriles is 1. The summed E-state index contributed by atoms with van der Waals surface area (Å²) in [5, 5.41) is 11.6. The summed E-state index contributed by atoms with van der Waals surface area (Å²) in [6, 6.07) is 7.16. The summed E-state index contributed by atoms with van der Waals surface area (Å²) >= 11 is 0. The molecule has 0 fully saturated rings. The third kappa shape index (κ3) is 3.26. The van der Waals surface area contributed by atoms with Crippen LogP contribution in [0.25, 0.3) is 0 Å². The fourth-order valence-corrected chi connectivity index (χ4v) is 1.31. The Bertz CT molecular complexity index is 424. The van der Waals surface area contributed by atoms with Crippen molar-refractivity contribution in [3.63, 3.8) is 0 Å². The lowest BCUT2D eigenvalue weighted by Crippen LogP contribution is -2.28. The number of methoxy groups -OCH3 is 1. The van der Waals surface area contributed by atoms with Crippen LogP contribution in [-0.2, 0) is 11.3 Å². The maximum absolute atomic E-state index is 10.5. The largest absolute Gasteiger partial charge is 0.496 e. The van der Waals surface area contributed by atoms with Gasteiger partial charge in [-0.15, -0.1) is 0 Å². The van der Waals surface area contributed by atoms with Crippen LogP contribution in [0.15, 0.2) is 18.2 Å². The second-order valence-corrected chi connectivity index (χ2v) is 3.21. The van der Waals surface area contributed by atoms with Gasteiger partial charge in [-0.05, 0) is 18.2 Å². The lowest BCUT2D eigenvalue weighted by molar-refractivity contribution is -0.117. The number of hydrogen-bond donors (Lipinski definition) is 2. The van der Waals surface area contributed by atoms with Gasteiger partial charge in [0.15, 0.2) is 0 Å². The molecule has 16 heavy (non-hydrogen) atoms. The third-order valence-electron chi connectivity index (χ3n) is 2.02. The van der Waals surface area contributed by atoms with Crippen molar-refractivity contribution in [1.82, 2.24) is 5.32 Å². The highest BCUT2D eigenvalue weighted by Gasteiger charge is 2.04. The van der Waals surface area contributed by atoms with E-state index >= 15 is 0 Å². The van der Waals surface area contributed by atoms with Crippen molar-refractivity contribution in [3.8, 4) is 11.8 Å². The van der Waals surface area contributed by atoms with Crippen LogP contribution in [0.1, 0.15) is 11.1 Å². The predicted octanol–water partition coefficient (Wildman–Crippen LogP) is 0.142. The number of nitrogens with zero attached hydrogens (tertiary/aromatic N) is 1. The number of nitrogens with two attached hydrogens (primary N) is 1. The maximum Gasteiger partial charge on any atom is 0.231 e. The van der Waals surface area contributed by atoms with Gasteiger partial charge in [-0.25, -0.2) is 0 Å². The molecule has 0 aromatic heterocycles. The molecule has 84 valence electrons. The van der Waals surface area contributed by atoms with E-state index in [0.29, 0.717) is 17.9 Å². The molecule has 3 N–H and O–H groups in total. The minimum absolute atomic E-state index is 0.0972. The molecule has 5 heteroatoms. The fraction of sp³-hybridized carbons (Fsp3) is 0.273. The Morgan fingerprint density at radius 1 is 1.62 bits per heavy atom. The summed E-state index contributed by atoms with van der Waals surface area (Å²) in [5.74, 6) is 0.256. The van der Waals surface area contributed by atoms with Crippen molar-refractivity contribution in [2.45, 2.75) is 6.54 Å². The van der Waals surface area contributed by atoms with E-state index in [9.17, 15) is 4.79 Å². The van der Waals surface area contributed by atoms with Gasteiger partial charge in [0.25, 0.3) is 0 Å². The Hall–Kier alpha value is -2.06. The van der Waals surface area contributed by atoms with Crippen LogP contribution in [0.4, 0.5) is 0 Å². The van der Waals surface area contributed by atoms with E-state index in [-0.39, 0.29) is 6.54 Å². The van der Waals surface area contributed by atoms with Crippen LogP contribution in [0.2, 0.25) is 0 Å². The van der Waals surface area contributed by atoms with Crippen molar-refractivity contribution in [3.05, 3.63) is 29.3 Å². The summed E-state index contributed by atoms with van der Waals surface area (Å²) < 4.78 is 5.14. The molecule has 5 nitrogen and oxygen atoms in total. The number of amides is 1. The molecule has 1 aromatic carbocycles. The first-order valence-electron chi connectivity index (χ1n) is 4.73. The van der Waals surface area contributed by atoms with Crippen molar-refractivity contribution < 1.29 is 9.53 Å². The van der Waals surface area contributed by atoms with E-state index in [0.717, 1.165) is 5.56 Å². The van der Waals surface area contributed by atoms with Crippen molar-refractivity contribution in [2.24, 2.45) is 5.73 Å². The Balaban J connectivity index is 2.76. The molecule has 1 rings (SSSR count). The predicted molar refractivity (Wildman–Crippen MR) is 58.6 cm³/mol. The molecular weight excluding hydrogens is 206 g/mol. The zero-order chi connectivity index (χ0) is 12.0. The van der Waals surface area contributed by atoms with Gasteiger partial charge >= 0.3 is 0 Å². The van der Waals surface area contributed by atoms with Gasteiger partial charge in [0, 0.05) is 12.1 Å². The van der Waals surface area contributed by atoms with Gasteiger partial charge in [-0.2, -0.15) is 5.26 Å². The molecule has 0 heterocycles. The Morgan fingerprint density at radius 3 is 2.94 bits per heavy atom. The zero-order valence-electron chi connectivity index (χ0n) is 8.99. The first kappa shape index (κ1) is 12.0.